The average Bonchev–Trinajstić information content (AvgIpc) is 3.24. The molecule has 2 heterocycles. The van der Waals surface area contributed by atoms with Crippen LogP contribution in [-0.2, 0) is 11.3 Å². The Balaban J connectivity index is 1.64. The van der Waals surface area contributed by atoms with Gasteiger partial charge in [-0.15, -0.1) is 0 Å². The van der Waals surface area contributed by atoms with E-state index in [1.54, 1.807) is 6.20 Å². The van der Waals surface area contributed by atoms with Gasteiger partial charge in [0.1, 0.15) is 11.6 Å². The van der Waals surface area contributed by atoms with Gasteiger partial charge in [0.15, 0.2) is 5.96 Å². The minimum absolute atomic E-state index is 0.0373. The summed E-state index contributed by atoms with van der Waals surface area (Å²) in [6.07, 6.45) is 4.55. The van der Waals surface area contributed by atoms with E-state index < -0.39 is 11.6 Å². The smallest absolute Gasteiger partial charge is 0.193 e. The Morgan fingerprint density at radius 2 is 2.32 bits per heavy atom. The van der Waals surface area contributed by atoms with Crippen LogP contribution in [0.5, 0.6) is 0 Å². The van der Waals surface area contributed by atoms with Crippen LogP contribution < -0.4 is 11.1 Å². The molecule has 0 bridgehead atoms. The molecule has 6 nitrogen and oxygen atoms in total. The van der Waals surface area contributed by atoms with Gasteiger partial charge >= 0.3 is 0 Å². The van der Waals surface area contributed by atoms with Crippen molar-refractivity contribution in [3.05, 3.63) is 47.8 Å². The highest BCUT2D eigenvalue weighted by Gasteiger charge is 2.30. The maximum absolute atomic E-state index is 13.6. The molecule has 1 fully saturated rings. The van der Waals surface area contributed by atoms with Gasteiger partial charge in [-0.2, -0.15) is 5.10 Å². The van der Waals surface area contributed by atoms with Gasteiger partial charge in [0.25, 0.3) is 0 Å². The highest BCUT2D eigenvalue weighted by atomic mass is 19.1. The van der Waals surface area contributed by atoms with Crippen molar-refractivity contribution in [2.45, 2.75) is 26.0 Å². The van der Waals surface area contributed by atoms with Crippen molar-refractivity contribution in [1.29, 1.82) is 0 Å². The molecular weight excluding hydrogens is 328 g/mol. The SMILES string of the molecule is CCn1cc([C@@H]2OCC[C@H]2CN=C(N)Nc2cc(F)ccc2F)cn1. The quantitative estimate of drug-likeness (QED) is 0.643. The van der Waals surface area contributed by atoms with E-state index in [4.69, 9.17) is 10.5 Å². The third kappa shape index (κ3) is 4.14. The molecule has 1 aromatic carbocycles. The van der Waals surface area contributed by atoms with E-state index in [1.165, 1.54) is 0 Å². The number of nitrogens with one attached hydrogen (secondary N) is 1. The summed E-state index contributed by atoms with van der Waals surface area (Å²) >= 11 is 0. The molecule has 0 spiro atoms. The number of ether oxygens (including phenoxy) is 1. The molecular formula is C17H21F2N5O. The summed E-state index contributed by atoms with van der Waals surface area (Å²) in [5, 5.41) is 6.87. The van der Waals surface area contributed by atoms with Crippen molar-refractivity contribution < 1.29 is 13.5 Å². The molecule has 1 aliphatic rings. The second-order valence-corrected chi connectivity index (χ2v) is 5.94. The van der Waals surface area contributed by atoms with E-state index in [-0.39, 0.29) is 23.7 Å². The Morgan fingerprint density at radius 1 is 1.48 bits per heavy atom. The number of nitrogens with two attached hydrogens (primary N) is 1. The standard InChI is InChI=1S/C17H21F2N5O/c1-2-24-10-12(9-22-24)16-11(5-6-25-16)8-21-17(20)23-15-7-13(18)3-4-14(15)19/h3-4,7,9-11,16H,2,5-6,8H2,1H3,(H3,20,21,23)/t11-,16+/m0/s1. The summed E-state index contributed by atoms with van der Waals surface area (Å²) in [5.41, 5.74) is 6.78. The second kappa shape index (κ2) is 7.60. The van der Waals surface area contributed by atoms with Gasteiger partial charge in [0.05, 0.1) is 18.0 Å². The lowest BCUT2D eigenvalue weighted by Gasteiger charge is -2.15. The summed E-state index contributed by atoms with van der Waals surface area (Å²) in [6.45, 7) is 3.89. The molecule has 3 rings (SSSR count). The molecule has 0 radical (unpaired) electrons. The number of hydrogen-bond donors (Lipinski definition) is 2. The molecule has 0 aliphatic carbocycles. The Hall–Kier alpha value is -2.48. The van der Waals surface area contributed by atoms with Crippen LogP contribution in [0.25, 0.3) is 0 Å². The number of halogens is 2. The second-order valence-electron chi connectivity index (χ2n) is 5.94. The van der Waals surface area contributed by atoms with E-state index in [0.717, 1.165) is 36.7 Å². The first-order chi connectivity index (χ1) is 12.1. The zero-order valence-electron chi connectivity index (χ0n) is 14.0. The average molecular weight is 349 g/mol. The molecule has 0 unspecified atom stereocenters. The number of hydrogen-bond acceptors (Lipinski definition) is 3. The van der Waals surface area contributed by atoms with E-state index in [1.807, 2.05) is 17.8 Å². The fraction of sp³-hybridized carbons (Fsp3) is 0.412. The Bertz CT molecular complexity index is 761. The third-order valence-corrected chi connectivity index (χ3v) is 4.21. The van der Waals surface area contributed by atoms with E-state index >= 15 is 0 Å². The van der Waals surface area contributed by atoms with Gasteiger partial charge in [0, 0.05) is 43.4 Å². The van der Waals surface area contributed by atoms with Gasteiger partial charge in [-0.05, 0) is 25.5 Å². The van der Waals surface area contributed by atoms with Crippen molar-refractivity contribution in [3.63, 3.8) is 0 Å². The Kier molecular flexibility index (Phi) is 5.28. The minimum atomic E-state index is -0.589. The van der Waals surface area contributed by atoms with Crippen LogP contribution in [0, 0.1) is 17.6 Å². The molecule has 8 heteroatoms. The van der Waals surface area contributed by atoms with E-state index in [2.05, 4.69) is 15.4 Å². The fourth-order valence-corrected chi connectivity index (χ4v) is 2.88. The van der Waals surface area contributed by atoms with Crippen molar-refractivity contribution in [1.82, 2.24) is 9.78 Å². The monoisotopic (exact) mass is 349 g/mol. The summed E-state index contributed by atoms with van der Waals surface area (Å²) in [6, 6.07) is 3.13. The van der Waals surface area contributed by atoms with Crippen LogP contribution in [0.15, 0.2) is 35.6 Å². The van der Waals surface area contributed by atoms with Crippen molar-refractivity contribution in [2.24, 2.45) is 16.6 Å². The molecule has 134 valence electrons. The zero-order chi connectivity index (χ0) is 17.8. The van der Waals surface area contributed by atoms with Crippen LogP contribution in [0.3, 0.4) is 0 Å². The highest BCUT2D eigenvalue weighted by molar-refractivity contribution is 5.92. The summed E-state index contributed by atoms with van der Waals surface area (Å²) in [5.74, 6) is -0.936. The lowest BCUT2D eigenvalue weighted by Crippen LogP contribution is -2.25. The lowest BCUT2D eigenvalue weighted by molar-refractivity contribution is 0.0925. The number of guanidine groups is 1. The van der Waals surface area contributed by atoms with Crippen molar-refractivity contribution in [2.75, 3.05) is 18.5 Å². The largest absolute Gasteiger partial charge is 0.373 e. The normalized spacial score (nSPS) is 20.8. The number of aromatic nitrogens is 2. The topological polar surface area (TPSA) is 77.5 Å². The van der Waals surface area contributed by atoms with Crippen LogP contribution in [0.4, 0.5) is 14.5 Å². The molecule has 1 aliphatic heterocycles. The van der Waals surface area contributed by atoms with Gasteiger partial charge in [-0.25, -0.2) is 8.78 Å². The lowest BCUT2D eigenvalue weighted by atomic mass is 9.98. The van der Waals surface area contributed by atoms with Crippen molar-refractivity contribution >= 4 is 11.6 Å². The Morgan fingerprint density at radius 3 is 3.08 bits per heavy atom. The predicted molar refractivity (Wildman–Crippen MR) is 91.2 cm³/mol. The van der Waals surface area contributed by atoms with Crippen LogP contribution in [0.1, 0.15) is 25.0 Å². The summed E-state index contributed by atoms with van der Waals surface area (Å²) in [4.78, 5) is 4.26. The number of benzene rings is 1. The first-order valence-electron chi connectivity index (χ1n) is 8.22. The fourth-order valence-electron chi connectivity index (χ4n) is 2.88. The van der Waals surface area contributed by atoms with Crippen LogP contribution in [0.2, 0.25) is 0 Å². The summed E-state index contributed by atoms with van der Waals surface area (Å²) < 4.78 is 34.5. The molecule has 2 atom stereocenters. The minimum Gasteiger partial charge on any atom is -0.373 e. The molecule has 0 amide bonds. The molecule has 3 N–H and O–H groups in total. The van der Waals surface area contributed by atoms with Crippen molar-refractivity contribution in [3.8, 4) is 0 Å². The van der Waals surface area contributed by atoms with Gasteiger partial charge in [0.2, 0.25) is 0 Å². The third-order valence-electron chi connectivity index (χ3n) is 4.21. The highest BCUT2D eigenvalue weighted by Crippen LogP contribution is 2.34. The van der Waals surface area contributed by atoms with E-state index in [9.17, 15) is 8.78 Å². The van der Waals surface area contributed by atoms with Crippen LogP contribution >= 0.6 is 0 Å². The number of aryl methyl sites for hydroxylation is 1. The number of aliphatic imine (C=N–C) groups is 1. The van der Waals surface area contributed by atoms with Gasteiger partial charge in [-0.3, -0.25) is 9.67 Å². The molecule has 25 heavy (non-hydrogen) atoms. The molecule has 1 saturated heterocycles. The predicted octanol–water partition coefficient (Wildman–Crippen LogP) is 2.69. The first-order valence-corrected chi connectivity index (χ1v) is 8.22. The van der Waals surface area contributed by atoms with E-state index in [0.29, 0.717) is 13.2 Å². The van der Waals surface area contributed by atoms with Gasteiger partial charge < -0.3 is 15.8 Å². The first kappa shape index (κ1) is 17.3. The maximum Gasteiger partial charge on any atom is 0.193 e. The number of rotatable bonds is 5. The maximum atomic E-state index is 13.6. The Labute approximate surface area is 144 Å². The molecule has 1 aromatic heterocycles. The number of anilines is 1. The zero-order valence-corrected chi connectivity index (χ0v) is 14.0. The molecule has 0 saturated carbocycles. The molecule has 2 aromatic rings. The van der Waals surface area contributed by atoms with Gasteiger partial charge in [-0.1, -0.05) is 0 Å². The summed E-state index contributed by atoms with van der Waals surface area (Å²) in [7, 11) is 0. The number of nitrogens with zero attached hydrogens (tertiary/aromatic N) is 3. The van der Waals surface area contributed by atoms with Crippen LogP contribution in [-0.4, -0.2) is 28.9 Å².